The van der Waals surface area contributed by atoms with E-state index >= 15 is 0 Å². The molecule has 140 valence electrons. The molecule has 6 nitrogen and oxygen atoms in total. The van der Waals surface area contributed by atoms with E-state index in [1.807, 2.05) is 31.3 Å². The number of nitrogens with zero attached hydrogens (tertiary/aromatic N) is 3. The summed E-state index contributed by atoms with van der Waals surface area (Å²) in [5.41, 5.74) is 3.41. The van der Waals surface area contributed by atoms with Gasteiger partial charge in [0.1, 0.15) is 13.2 Å². The maximum atomic E-state index is 5.65. The Morgan fingerprint density at radius 2 is 1.67 bits per heavy atom. The third-order valence-corrected chi connectivity index (χ3v) is 4.55. The van der Waals surface area contributed by atoms with Gasteiger partial charge in [-0.25, -0.2) is 0 Å². The molecule has 1 aliphatic rings. The lowest BCUT2D eigenvalue weighted by Crippen LogP contribution is -2.18. The molecule has 1 aromatic heterocycles. The van der Waals surface area contributed by atoms with Crippen LogP contribution in [0.15, 0.2) is 47.0 Å². The van der Waals surface area contributed by atoms with E-state index in [2.05, 4.69) is 40.2 Å². The molecule has 0 unspecified atom stereocenters. The van der Waals surface area contributed by atoms with Crippen molar-refractivity contribution in [2.75, 3.05) is 20.3 Å². The van der Waals surface area contributed by atoms with Crippen LogP contribution in [0.5, 0.6) is 11.5 Å². The molecular weight excluding hydrogens is 342 g/mol. The van der Waals surface area contributed by atoms with E-state index in [1.165, 1.54) is 5.56 Å². The fraction of sp³-hybridized carbons (Fsp3) is 0.333. The lowest BCUT2D eigenvalue weighted by Gasteiger charge is -2.20. The van der Waals surface area contributed by atoms with Crippen LogP contribution in [0.25, 0.3) is 11.4 Å². The van der Waals surface area contributed by atoms with Gasteiger partial charge in [0.05, 0.1) is 6.54 Å². The molecule has 0 saturated carbocycles. The minimum Gasteiger partial charge on any atom is -0.486 e. The number of aryl methyl sites for hydroxylation is 1. The Morgan fingerprint density at radius 1 is 0.926 bits per heavy atom. The zero-order valence-electron chi connectivity index (χ0n) is 15.6. The highest BCUT2D eigenvalue weighted by molar-refractivity contribution is 5.54. The Bertz CT molecular complexity index is 905. The lowest BCUT2D eigenvalue weighted by molar-refractivity contribution is 0.171. The molecule has 0 bridgehead atoms. The largest absolute Gasteiger partial charge is 0.486 e. The first-order chi connectivity index (χ1) is 13.2. The van der Waals surface area contributed by atoms with Crippen LogP contribution in [0.4, 0.5) is 0 Å². The lowest BCUT2D eigenvalue weighted by atomic mass is 10.1. The van der Waals surface area contributed by atoms with Gasteiger partial charge >= 0.3 is 0 Å². The summed E-state index contributed by atoms with van der Waals surface area (Å²) in [6.07, 6.45) is 1.02. The highest BCUT2D eigenvalue weighted by atomic mass is 16.6. The van der Waals surface area contributed by atoms with Crippen molar-refractivity contribution in [3.63, 3.8) is 0 Å². The summed E-state index contributed by atoms with van der Waals surface area (Å²) in [5.74, 6) is 2.84. The molecule has 0 atom stereocenters. The van der Waals surface area contributed by atoms with E-state index in [4.69, 9.17) is 14.0 Å². The minimum absolute atomic E-state index is 0.578. The van der Waals surface area contributed by atoms with Crippen LogP contribution in [0.1, 0.15) is 23.9 Å². The van der Waals surface area contributed by atoms with E-state index < -0.39 is 0 Å². The Morgan fingerprint density at radius 3 is 2.44 bits per heavy atom. The molecular formula is C21H23N3O3. The number of rotatable bonds is 6. The number of benzene rings is 2. The van der Waals surface area contributed by atoms with Gasteiger partial charge in [0.15, 0.2) is 11.5 Å². The maximum Gasteiger partial charge on any atom is 0.241 e. The second-order valence-corrected chi connectivity index (χ2v) is 6.71. The third-order valence-electron chi connectivity index (χ3n) is 4.55. The van der Waals surface area contributed by atoms with Gasteiger partial charge in [-0.2, -0.15) is 4.98 Å². The molecule has 0 saturated heterocycles. The molecule has 1 aliphatic heterocycles. The Balaban J connectivity index is 1.39. The van der Waals surface area contributed by atoms with Crippen LogP contribution in [-0.2, 0) is 19.5 Å². The normalized spacial score (nSPS) is 13.1. The maximum absolute atomic E-state index is 5.65. The second-order valence-electron chi connectivity index (χ2n) is 6.71. The molecule has 3 aromatic rings. The summed E-state index contributed by atoms with van der Waals surface area (Å²) in [6.45, 7) is 4.66. The van der Waals surface area contributed by atoms with Crippen molar-refractivity contribution in [2.45, 2.75) is 26.4 Å². The number of ether oxygens (including phenoxy) is 2. The first kappa shape index (κ1) is 17.5. The van der Waals surface area contributed by atoms with E-state index in [0.717, 1.165) is 35.6 Å². The number of aromatic nitrogens is 2. The van der Waals surface area contributed by atoms with Crippen LogP contribution >= 0.6 is 0 Å². The molecule has 27 heavy (non-hydrogen) atoms. The molecule has 2 aromatic carbocycles. The molecule has 0 amide bonds. The van der Waals surface area contributed by atoms with Crippen molar-refractivity contribution in [1.82, 2.24) is 15.0 Å². The predicted octanol–water partition coefficient (Wildman–Crippen LogP) is 3.70. The fourth-order valence-corrected chi connectivity index (χ4v) is 3.11. The van der Waals surface area contributed by atoms with Crippen molar-refractivity contribution in [3.8, 4) is 22.9 Å². The number of hydrogen-bond donors (Lipinski definition) is 0. The Hall–Kier alpha value is -2.86. The van der Waals surface area contributed by atoms with Crippen LogP contribution in [0.3, 0.4) is 0 Å². The summed E-state index contributed by atoms with van der Waals surface area (Å²) in [6, 6.07) is 14.3. The summed E-state index contributed by atoms with van der Waals surface area (Å²) in [5, 5.41) is 4.11. The van der Waals surface area contributed by atoms with Gasteiger partial charge in [-0.15, -0.1) is 0 Å². The molecule has 0 radical (unpaired) electrons. The summed E-state index contributed by atoms with van der Waals surface area (Å²) in [4.78, 5) is 6.65. The fourth-order valence-electron chi connectivity index (χ4n) is 3.11. The van der Waals surface area contributed by atoms with Gasteiger partial charge in [-0.05, 0) is 36.7 Å². The molecule has 0 N–H and O–H groups in total. The van der Waals surface area contributed by atoms with Gasteiger partial charge in [-0.3, -0.25) is 4.90 Å². The van der Waals surface area contributed by atoms with Gasteiger partial charge in [0.25, 0.3) is 0 Å². The zero-order chi connectivity index (χ0) is 18.6. The summed E-state index contributed by atoms with van der Waals surface area (Å²) >= 11 is 0. The van der Waals surface area contributed by atoms with Crippen molar-refractivity contribution in [3.05, 3.63) is 59.5 Å². The second kappa shape index (κ2) is 7.80. The Kier molecular flexibility index (Phi) is 5.07. The Labute approximate surface area is 158 Å². The van der Waals surface area contributed by atoms with Gasteiger partial charge in [0, 0.05) is 12.1 Å². The van der Waals surface area contributed by atoms with E-state index in [0.29, 0.717) is 31.5 Å². The topological polar surface area (TPSA) is 60.6 Å². The highest BCUT2D eigenvalue weighted by Crippen LogP contribution is 2.31. The molecule has 0 spiro atoms. The minimum atomic E-state index is 0.578. The first-order valence-electron chi connectivity index (χ1n) is 9.20. The van der Waals surface area contributed by atoms with E-state index in [-0.39, 0.29) is 0 Å². The quantitative estimate of drug-likeness (QED) is 0.664. The number of fused-ring (bicyclic) bond motifs is 1. The molecule has 0 aliphatic carbocycles. The van der Waals surface area contributed by atoms with Gasteiger partial charge in [-0.1, -0.05) is 42.4 Å². The van der Waals surface area contributed by atoms with Gasteiger partial charge < -0.3 is 14.0 Å². The van der Waals surface area contributed by atoms with Crippen LogP contribution in [-0.4, -0.2) is 35.3 Å². The monoisotopic (exact) mass is 365 g/mol. The van der Waals surface area contributed by atoms with Crippen LogP contribution in [0.2, 0.25) is 0 Å². The van der Waals surface area contributed by atoms with E-state index in [9.17, 15) is 0 Å². The SMILES string of the molecule is CCc1ccc(-c2noc(CN(C)Cc3ccc4c(c3)OCCO4)n2)cc1. The van der Waals surface area contributed by atoms with E-state index in [1.54, 1.807) is 0 Å². The highest BCUT2D eigenvalue weighted by Gasteiger charge is 2.14. The van der Waals surface area contributed by atoms with Crippen molar-refractivity contribution in [1.29, 1.82) is 0 Å². The molecule has 6 heteroatoms. The molecule has 2 heterocycles. The van der Waals surface area contributed by atoms with Crippen molar-refractivity contribution < 1.29 is 14.0 Å². The van der Waals surface area contributed by atoms with Crippen molar-refractivity contribution >= 4 is 0 Å². The number of hydrogen-bond acceptors (Lipinski definition) is 6. The van der Waals surface area contributed by atoms with Crippen LogP contribution in [0, 0.1) is 0 Å². The first-order valence-corrected chi connectivity index (χ1v) is 9.20. The standard InChI is InChI=1S/C21H23N3O3/c1-3-15-4-7-17(8-5-15)21-22-20(27-23-21)14-24(2)13-16-6-9-18-19(12-16)26-11-10-25-18/h4-9,12H,3,10-11,13-14H2,1-2H3. The smallest absolute Gasteiger partial charge is 0.241 e. The molecule has 0 fully saturated rings. The average molecular weight is 365 g/mol. The average Bonchev–Trinajstić information content (AvgIpc) is 3.16. The zero-order valence-corrected chi connectivity index (χ0v) is 15.6. The van der Waals surface area contributed by atoms with Crippen molar-refractivity contribution in [2.24, 2.45) is 0 Å². The predicted molar refractivity (Wildman–Crippen MR) is 102 cm³/mol. The van der Waals surface area contributed by atoms with Crippen LogP contribution < -0.4 is 9.47 Å². The molecule has 4 rings (SSSR count). The third kappa shape index (κ3) is 4.11. The summed E-state index contributed by atoms with van der Waals surface area (Å²) in [7, 11) is 2.02. The van der Waals surface area contributed by atoms with Gasteiger partial charge in [0.2, 0.25) is 11.7 Å². The summed E-state index contributed by atoms with van der Waals surface area (Å²) < 4.78 is 16.6.